The minimum absolute atomic E-state index is 0.105. The summed E-state index contributed by atoms with van der Waals surface area (Å²) in [4.78, 5) is 16.3. The van der Waals surface area contributed by atoms with E-state index in [-0.39, 0.29) is 15.6 Å². The summed E-state index contributed by atoms with van der Waals surface area (Å²) >= 11 is 11.8. The summed E-state index contributed by atoms with van der Waals surface area (Å²) in [5, 5.41) is 3.12. The number of rotatable bonds is 6. The summed E-state index contributed by atoms with van der Waals surface area (Å²) < 4.78 is 40.3. The number of hydrogen-bond acceptors (Lipinski definition) is 4. The molecule has 0 aliphatic rings. The zero-order chi connectivity index (χ0) is 21.0. The van der Waals surface area contributed by atoms with Crippen LogP contribution in [0.4, 0.5) is 15.8 Å². The molecular formula is C19H14Cl2FN3O3S. The standard InChI is InChI=1S/C19H14Cl2FN3O3S/c20-17-8-5-14(10-18(17)21)24-19(26)12-25(15-6-3-13(22)4-7-15)29(27,28)16-2-1-9-23-11-16/h1-11H,12H2,(H,24,26). The van der Waals surface area contributed by atoms with Gasteiger partial charge in [-0.05, 0) is 54.6 Å². The zero-order valence-electron chi connectivity index (χ0n) is 14.7. The normalized spacial score (nSPS) is 11.1. The van der Waals surface area contributed by atoms with Gasteiger partial charge in [0.15, 0.2) is 0 Å². The monoisotopic (exact) mass is 453 g/mol. The molecule has 0 saturated heterocycles. The summed E-state index contributed by atoms with van der Waals surface area (Å²) in [6, 6.07) is 12.1. The van der Waals surface area contributed by atoms with Crippen molar-refractivity contribution in [2.24, 2.45) is 0 Å². The van der Waals surface area contributed by atoms with Gasteiger partial charge in [-0.3, -0.25) is 14.1 Å². The number of sulfonamides is 1. The van der Waals surface area contributed by atoms with Crippen molar-refractivity contribution in [2.45, 2.75) is 4.90 Å². The van der Waals surface area contributed by atoms with Crippen LogP contribution in [-0.4, -0.2) is 25.9 Å². The Hall–Kier alpha value is -2.68. The van der Waals surface area contributed by atoms with Gasteiger partial charge in [-0.15, -0.1) is 0 Å². The molecule has 1 amide bonds. The molecule has 1 N–H and O–H groups in total. The molecule has 2 aromatic carbocycles. The smallest absolute Gasteiger partial charge is 0.266 e. The van der Waals surface area contributed by atoms with Crippen LogP contribution in [0.25, 0.3) is 0 Å². The number of benzene rings is 2. The lowest BCUT2D eigenvalue weighted by atomic mass is 10.3. The van der Waals surface area contributed by atoms with E-state index < -0.39 is 28.3 Å². The van der Waals surface area contributed by atoms with Gasteiger partial charge < -0.3 is 5.32 Å². The van der Waals surface area contributed by atoms with Crippen molar-refractivity contribution in [2.75, 3.05) is 16.2 Å². The third-order valence-electron chi connectivity index (χ3n) is 3.83. The second-order valence-electron chi connectivity index (χ2n) is 5.85. The Morgan fingerprint density at radius 3 is 2.41 bits per heavy atom. The third kappa shape index (κ3) is 5.03. The topological polar surface area (TPSA) is 79.4 Å². The molecule has 0 saturated carbocycles. The van der Waals surface area contributed by atoms with Crippen LogP contribution in [0.2, 0.25) is 10.0 Å². The van der Waals surface area contributed by atoms with E-state index in [4.69, 9.17) is 23.2 Å². The molecule has 0 radical (unpaired) electrons. The van der Waals surface area contributed by atoms with Gasteiger partial charge in [0.1, 0.15) is 17.3 Å². The van der Waals surface area contributed by atoms with Crippen LogP contribution in [0.3, 0.4) is 0 Å². The van der Waals surface area contributed by atoms with Gasteiger partial charge in [0.05, 0.1) is 15.7 Å². The number of nitrogens with zero attached hydrogens (tertiary/aromatic N) is 2. The average Bonchev–Trinajstić information content (AvgIpc) is 2.70. The third-order valence-corrected chi connectivity index (χ3v) is 6.32. The van der Waals surface area contributed by atoms with Crippen LogP contribution in [0.1, 0.15) is 0 Å². The first kappa shape index (κ1) is 21.0. The molecule has 0 unspecified atom stereocenters. The maximum atomic E-state index is 13.3. The fraction of sp³-hybridized carbons (Fsp3) is 0.0526. The van der Waals surface area contributed by atoms with Gasteiger partial charge in [0.2, 0.25) is 5.91 Å². The van der Waals surface area contributed by atoms with Crippen LogP contribution < -0.4 is 9.62 Å². The highest BCUT2D eigenvalue weighted by Crippen LogP contribution is 2.26. The van der Waals surface area contributed by atoms with Crippen LogP contribution in [0.15, 0.2) is 71.9 Å². The number of anilines is 2. The minimum atomic E-state index is -4.13. The van der Waals surface area contributed by atoms with E-state index in [2.05, 4.69) is 10.3 Å². The maximum absolute atomic E-state index is 13.3. The second-order valence-corrected chi connectivity index (χ2v) is 8.53. The summed E-state index contributed by atoms with van der Waals surface area (Å²) in [5.74, 6) is -1.16. The number of halogens is 3. The quantitative estimate of drug-likeness (QED) is 0.600. The Kier molecular flexibility index (Phi) is 6.36. The Morgan fingerprint density at radius 1 is 1.07 bits per heavy atom. The minimum Gasteiger partial charge on any atom is -0.324 e. The second kappa shape index (κ2) is 8.77. The predicted octanol–water partition coefficient (Wildman–Crippen LogP) is 4.36. The van der Waals surface area contributed by atoms with Gasteiger partial charge in [0, 0.05) is 18.1 Å². The van der Waals surface area contributed by atoms with E-state index in [0.29, 0.717) is 10.7 Å². The van der Waals surface area contributed by atoms with Gasteiger partial charge in [-0.1, -0.05) is 23.2 Å². The van der Waals surface area contributed by atoms with Crippen molar-refractivity contribution in [3.63, 3.8) is 0 Å². The molecule has 0 spiro atoms. The molecule has 1 aromatic heterocycles. The summed E-state index contributed by atoms with van der Waals surface area (Å²) in [6.45, 7) is -0.552. The molecule has 3 rings (SSSR count). The molecule has 0 atom stereocenters. The van der Waals surface area contributed by atoms with E-state index in [9.17, 15) is 17.6 Å². The predicted molar refractivity (Wildman–Crippen MR) is 110 cm³/mol. The van der Waals surface area contributed by atoms with Crippen LogP contribution in [-0.2, 0) is 14.8 Å². The highest BCUT2D eigenvalue weighted by atomic mass is 35.5. The molecular weight excluding hydrogens is 440 g/mol. The molecule has 6 nitrogen and oxygen atoms in total. The Morgan fingerprint density at radius 2 is 1.79 bits per heavy atom. The van der Waals surface area contributed by atoms with E-state index in [1.54, 1.807) is 0 Å². The first-order valence-corrected chi connectivity index (χ1v) is 10.4. The molecule has 0 aliphatic heterocycles. The van der Waals surface area contributed by atoms with Crippen LogP contribution in [0.5, 0.6) is 0 Å². The van der Waals surface area contributed by atoms with Crippen molar-refractivity contribution in [3.05, 3.63) is 82.9 Å². The van der Waals surface area contributed by atoms with Gasteiger partial charge in [-0.25, -0.2) is 12.8 Å². The lowest BCUT2D eigenvalue weighted by Gasteiger charge is -2.24. The molecule has 150 valence electrons. The number of hydrogen-bond donors (Lipinski definition) is 1. The van der Waals surface area contributed by atoms with E-state index in [1.165, 1.54) is 54.9 Å². The zero-order valence-corrected chi connectivity index (χ0v) is 17.0. The molecule has 0 aliphatic carbocycles. The largest absolute Gasteiger partial charge is 0.324 e. The summed E-state index contributed by atoms with van der Waals surface area (Å²) in [5.41, 5.74) is 0.474. The van der Waals surface area contributed by atoms with Crippen molar-refractivity contribution in [3.8, 4) is 0 Å². The fourth-order valence-corrected chi connectivity index (χ4v) is 4.14. The fourth-order valence-electron chi connectivity index (χ4n) is 2.45. The van der Waals surface area contributed by atoms with Crippen molar-refractivity contribution in [1.82, 2.24) is 4.98 Å². The highest BCUT2D eigenvalue weighted by Gasteiger charge is 2.27. The Bertz CT molecular complexity index is 1130. The molecule has 3 aromatic rings. The number of carbonyl (C=O) groups excluding carboxylic acids is 1. The van der Waals surface area contributed by atoms with Gasteiger partial charge in [0.25, 0.3) is 10.0 Å². The number of amides is 1. The maximum Gasteiger partial charge on any atom is 0.266 e. The first-order valence-electron chi connectivity index (χ1n) is 8.20. The number of nitrogens with one attached hydrogen (secondary N) is 1. The van der Waals surface area contributed by atoms with Gasteiger partial charge in [-0.2, -0.15) is 0 Å². The van der Waals surface area contributed by atoms with Crippen molar-refractivity contribution >= 4 is 50.5 Å². The Labute approximate surface area is 176 Å². The molecule has 0 bridgehead atoms. The molecule has 1 heterocycles. The average molecular weight is 454 g/mol. The summed E-state index contributed by atoms with van der Waals surface area (Å²) in [7, 11) is -4.13. The number of carbonyl (C=O) groups is 1. The van der Waals surface area contributed by atoms with Crippen LogP contribution >= 0.6 is 23.2 Å². The van der Waals surface area contributed by atoms with E-state index in [0.717, 1.165) is 16.4 Å². The lowest BCUT2D eigenvalue weighted by molar-refractivity contribution is -0.114. The molecule has 29 heavy (non-hydrogen) atoms. The van der Waals surface area contributed by atoms with E-state index in [1.807, 2.05) is 0 Å². The number of pyridine rings is 1. The molecule has 10 heteroatoms. The lowest BCUT2D eigenvalue weighted by Crippen LogP contribution is -2.38. The van der Waals surface area contributed by atoms with Crippen molar-refractivity contribution < 1.29 is 17.6 Å². The number of aromatic nitrogens is 1. The van der Waals surface area contributed by atoms with Gasteiger partial charge >= 0.3 is 0 Å². The molecule has 0 fully saturated rings. The van der Waals surface area contributed by atoms with E-state index >= 15 is 0 Å². The van der Waals surface area contributed by atoms with Crippen molar-refractivity contribution in [1.29, 1.82) is 0 Å². The highest BCUT2D eigenvalue weighted by molar-refractivity contribution is 7.92. The SMILES string of the molecule is O=C(CN(c1ccc(F)cc1)S(=O)(=O)c1cccnc1)Nc1ccc(Cl)c(Cl)c1. The first-order chi connectivity index (χ1) is 13.8. The Balaban J connectivity index is 1.92. The summed E-state index contributed by atoms with van der Waals surface area (Å²) in [6.07, 6.45) is 2.60. The van der Waals surface area contributed by atoms with Crippen LogP contribution in [0, 0.1) is 5.82 Å².